The van der Waals surface area contributed by atoms with Crippen molar-refractivity contribution in [2.75, 3.05) is 19.8 Å². The average molecular weight is 303 g/mol. The Balaban J connectivity index is 1.63. The maximum atomic E-state index is 12.5. The van der Waals surface area contributed by atoms with Crippen molar-refractivity contribution < 1.29 is 19.4 Å². The van der Waals surface area contributed by atoms with Crippen LogP contribution >= 0.6 is 0 Å². The van der Waals surface area contributed by atoms with E-state index in [1.165, 1.54) is 16.0 Å². The lowest BCUT2D eigenvalue weighted by Gasteiger charge is -2.34. The van der Waals surface area contributed by atoms with E-state index in [1.54, 1.807) is 0 Å². The normalized spacial score (nSPS) is 24.6. The molecule has 0 unspecified atom stereocenters. The van der Waals surface area contributed by atoms with Gasteiger partial charge in [-0.1, -0.05) is 24.3 Å². The number of benzene rings is 1. The number of carboxylic acids is 1. The first-order valence-corrected chi connectivity index (χ1v) is 7.82. The van der Waals surface area contributed by atoms with Crippen LogP contribution in [0, 0.1) is 5.92 Å². The number of ether oxygens (including phenoxy) is 1. The van der Waals surface area contributed by atoms with E-state index in [2.05, 4.69) is 18.2 Å². The summed E-state index contributed by atoms with van der Waals surface area (Å²) < 4.78 is 5.19. The molecular formula is C17H21NO4. The zero-order valence-electron chi connectivity index (χ0n) is 12.5. The highest BCUT2D eigenvalue weighted by Gasteiger charge is 2.34. The van der Waals surface area contributed by atoms with Gasteiger partial charge in [0, 0.05) is 13.0 Å². The van der Waals surface area contributed by atoms with Crippen molar-refractivity contribution in [3.05, 3.63) is 35.4 Å². The Morgan fingerprint density at radius 1 is 1.27 bits per heavy atom. The number of rotatable bonds is 3. The largest absolute Gasteiger partial charge is 0.480 e. The van der Waals surface area contributed by atoms with Gasteiger partial charge in [-0.15, -0.1) is 0 Å². The molecule has 118 valence electrons. The molecule has 5 nitrogen and oxygen atoms in total. The van der Waals surface area contributed by atoms with Crippen LogP contribution in [0.25, 0.3) is 0 Å². The van der Waals surface area contributed by atoms with E-state index in [4.69, 9.17) is 4.74 Å². The molecule has 0 spiro atoms. The Morgan fingerprint density at radius 2 is 2.05 bits per heavy atom. The SMILES string of the molecule is O=C(O)[C@@H]1COCCN1C(=O)C[C@H]1CCc2ccccc2C1. The average Bonchev–Trinajstić information content (AvgIpc) is 2.54. The van der Waals surface area contributed by atoms with E-state index in [9.17, 15) is 14.7 Å². The van der Waals surface area contributed by atoms with Gasteiger partial charge >= 0.3 is 5.97 Å². The van der Waals surface area contributed by atoms with Crippen LogP contribution in [0.2, 0.25) is 0 Å². The second kappa shape index (κ2) is 6.48. The zero-order chi connectivity index (χ0) is 15.5. The molecule has 22 heavy (non-hydrogen) atoms. The third kappa shape index (κ3) is 3.14. The molecule has 0 aromatic heterocycles. The number of aryl methyl sites for hydroxylation is 1. The van der Waals surface area contributed by atoms with Crippen molar-refractivity contribution in [2.24, 2.45) is 5.92 Å². The van der Waals surface area contributed by atoms with Crippen LogP contribution in [0.1, 0.15) is 24.0 Å². The van der Waals surface area contributed by atoms with Gasteiger partial charge in [0.05, 0.1) is 13.2 Å². The van der Waals surface area contributed by atoms with Crippen LogP contribution in [-0.4, -0.2) is 47.7 Å². The fourth-order valence-corrected chi connectivity index (χ4v) is 3.42. The van der Waals surface area contributed by atoms with Crippen LogP contribution in [0.4, 0.5) is 0 Å². The molecular weight excluding hydrogens is 282 g/mol. The highest BCUT2D eigenvalue weighted by molar-refractivity contribution is 5.84. The molecule has 1 aliphatic carbocycles. The minimum atomic E-state index is -0.984. The monoisotopic (exact) mass is 303 g/mol. The molecule has 1 amide bonds. The molecule has 1 aromatic carbocycles. The third-order valence-electron chi connectivity index (χ3n) is 4.65. The molecule has 1 saturated heterocycles. The fraction of sp³-hybridized carbons (Fsp3) is 0.529. The number of nitrogens with zero attached hydrogens (tertiary/aromatic N) is 1. The molecule has 1 aromatic rings. The Hall–Kier alpha value is -1.88. The van der Waals surface area contributed by atoms with Gasteiger partial charge in [0.15, 0.2) is 6.04 Å². The van der Waals surface area contributed by atoms with E-state index in [1.807, 2.05) is 6.07 Å². The van der Waals surface area contributed by atoms with Gasteiger partial charge in [-0.05, 0) is 36.3 Å². The molecule has 2 atom stereocenters. The molecule has 1 heterocycles. The number of carboxylic acid groups (broad SMARTS) is 1. The summed E-state index contributed by atoms with van der Waals surface area (Å²) in [5.74, 6) is -0.734. The van der Waals surface area contributed by atoms with Crippen LogP contribution in [0.3, 0.4) is 0 Å². The van der Waals surface area contributed by atoms with Crippen molar-refractivity contribution in [2.45, 2.75) is 31.7 Å². The number of hydrogen-bond acceptors (Lipinski definition) is 3. The summed E-state index contributed by atoms with van der Waals surface area (Å²) in [5, 5.41) is 9.22. The first-order valence-electron chi connectivity index (χ1n) is 7.82. The lowest BCUT2D eigenvalue weighted by molar-refractivity contribution is -0.158. The molecule has 0 radical (unpaired) electrons. The summed E-state index contributed by atoms with van der Waals surface area (Å²) in [5.41, 5.74) is 2.70. The summed E-state index contributed by atoms with van der Waals surface area (Å²) in [6, 6.07) is 7.52. The zero-order valence-corrected chi connectivity index (χ0v) is 12.5. The highest BCUT2D eigenvalue weighted by Crippen LogP contribution is 2.28. The summed E-state index contributed by atoms with van der Waals surface area (Å²) in [4.78, 5) is 25.2. The smallest absolute Gasteiger partial charge is 0.328 e. The Morgan fingerprint density at radius 3 is 2.82 bits per heavy atom. The van der Waals surface area contributed by atoms with Gasteiger partial charge in [-0.2, -0.15) is 0 Å². The second-order valence-corrected chi connectivity index (χ2v) is 6.10. The first kappa shape index (κ1) is 15.0. The lowest BCUT2D eigenvalue weighted by Crippen LogP contribution is -2.53. The summed E-state index contributed by atoms with van der Waals surface area (Å²) in [6.07, 6.45) is 3.33. The standard InChI is InChI=1S/C17H21NO4/c19-16(18-7-8-22-11-15(18)17(20)21)10-12-5-6-13-3-1-2-4-14(13)9-12/h1-4,12,15H,5-11H2,(H,20,21)/t12-,15-/m0/s1. The predicted molar refractivity (Wildman–Crippen MR) is 80.5 cm³/mol. The summed E-state index contributed by atoms with van der Waals surface area (Å²) in [7, 11) is 0. The number of morpholine rings is 1. The van der Waals surface area contributed by atoms with Crippen molar-refractivity contribution in [3.8, 4) is 0 Å². The van der Waals surface area contributed by atoms with Crippen LogP contribution in [-0.2, 0) is 27.2 Å². The van der Waals surface area contributed by atoms with Gasteiger partial charge in [0.25, 0.3) is 0 Å². The quantitative estimate of drug-likeness (QED) is 0.919. The van der Waals surface area contributed by atoms with Gasteiger partial charge in [0.2, 0.25) is 5.91 Å². The van der Waals surface area contributed by atoms with Crippen LogP contribution in [0.15, 0.2) is 24.3 Å². The molecule has 1 fully saturated rings. The number of carbonyl (C=O) groups is 2. The first-order chi connectivity index (χ1) is 10.6. The highest BCUT2D eigenvalue weighted by atomic mass is 16.5. The van der Waals surface area contributed by atoms with Crippen molar-refractivity contribution >= 4 is 11.9 Å². The van der Waals surface area contributed by atoms with E-state index < -0.39 is 12.0 Å². The fourth-order valence-electron chi connectivity index (χ4n) is 3.42. The minimum Gasteiger partial charge on any atom is -0.480 e. The molecule has 5 heteroatoms. The maximum absolute atomic E-state index is 12.5. The molecule has 0 bridgehead atoms. The molecule has 0 saturated carbocycles. The van der Waals surface area contributed by atoms with Gasteiger partial charge < -0.3 is 14.7 Å². The number of hydrogen-bond donors (Lipinski definition) is 1. The maximum Gasteiger partial charge on any atom is 0.328 e. The number of fused-ring (bicyclic) bond motifs is 1. The molecule has 2 aliphatic rings. The summed E-state index contributed by atoms with van der Waals surface area (Å²) >= 11 is 0. The topological polar surface area (TPSA) is 66.8 Å². The molecule has 1 N–H and O–H groups in total. The van der Waals surface area contributed by atoms with E-state index in [0.717, 1.165) is 19.3 Å². The van der Waals surface area contributed by atoms with Crippen molar-refractivity contribution in [3.63, 3.8) is 0 Å². The lowest BCUT2D eigenvalue weighted by atomic mass is 9.82. The van der Waals surface area contributed by atoms with Crippen molar-refractivity contribution in [1.29, 1.82) is 0 Å². The second-order valence-electron chi connectivity index (χ2n) is 6.10. The molecule has 3 rings (SSSR count). The number of aliphatic carboxylic acids is 1. The Kier molecular flexibility index (Phi) is 4.43. The van der Waals surface area contributed by atoms with Crippen molar-refractivity contribution in [1.82, 2.24) is 4.90 Å². The number of amides is 1. The van der Waals surface area contributed by atoms with Gasteiger partial charge in [0.1, 0.15) is 0 Å². The van der Waals surface area contributed by atoms with E-state index in [0.29, 0.717) is 25.5 Å². The van der Waals surface area contributed by atoms with E-state index in [-0.39, 0.29) is 12.5 Å². The predicted octanol–water partition coefficient (Wildman–Crippen LogP) is 1.49. The Bertz CT molecular complexity index is 572. The minimum absolute atomic E-state index is 0.0555. The van der Waals surface area contributed by atoms with Gasteiger partial charge in [-0.3, -0.25) is 4.79 Å². The van der Waals surface area contributed by atoms with Crippen LogP contribution in [0.5, 0.6) is 0 Å². The third-order valence-corrected chi connectivity index (χ3v) is 4.65. The van der Waals surface area contributed by atoms with Gasteiger partial charge in [-0.25, -0.2) is 4.79 Å². The van der Waals surface area contributed by atoms with E-state index >= 15 is 0 Å². The molecule has 1 aliphatic heterocycles. The summed E-state index contributed by atoms with van der Waals surface area (Å²) in [6.45, 7) is 0.886. The van der Waals surface area contributed by atoms with Crippen LogP contribution < -0.4 is 0 Å². The Labute approximate surface area is 129 Å². The number of carbonyl (C=O) groups excluding carboxylic acids is 1.